The second kappa shape index (κ2) is 8.50. The number of nitrogens with one attached hydrogen (secondary N) is 1. The second-order valence-corrected chi connectivity index (χ2v) is 6.22. The molecule has 1 amide bonds. The fourth-order valence-electron chi connectivity index (χ4n) is 2.03. The van der Waals surface area contributed by atoms with Crippen LogP contribution in [0, 0.1) is 6.92 Å². The Morgan fingerprint density at radius 2 is 1.96 bits per heavy atom. The third-order valence-electron chi connectivity index (χ3n) is 3.51. The number of hydrogen-bond donors (Lipinski definition) is 1. The highest BCUT2D eigenvalue weighted by Gasteiger charge is 2.03. The van der Waals surface area contributed by atoms with Crippen LogP contribution in [0.3, 0.4) is 0 Å². The average Bonchev–Trinajstić information content (AvgIpc) is 2.56. The summed E-state index contributed by atoms with van der Waals surface area (Å²) in [4.78, 5) is 11.7. The summed E-state index contributed by atoms with van der Waals surface area (Å²) in [6.45, 7) is 6.06. The zero-order valence-corrected chi connectivity index (χ0v) is 14.8. The first kappa shape index (κ1) is 18.0. The zero-order valence-electron chi connectivity index (χ0n) is 14.0. The SMILES string of the molecule is Cc1cc(OCC(=O)NN=Cc2ccc(C(C)C)cc2)ccc1Cl. The van der Waals surface area contributed by atoms with E-state index in [4.69, 9.17) is 16.3 Å². The van der Waals surface area contributed by atoms with Crippen LogP contribution >= 0.6 is 11.6 Å². The lowest BCUT2D eigenvalue weighted by atomic mass is 10.0. The Bertz CT molecular complexity index is 725. The minimum atomic E-state index is -0.322. The average molecular weight is 345 g/mol. The fraction of sp³-hybridized carbons (Fsp3) is 0.263. The summed E-state index contributed by atoms with van der Waals surface area (Å²) >= 11 is 5.94. The Balaban J connectivity index is 1.80. The summed E-state index contributed by atoms with van der Waals surface area (Å²) < 4.78 is 5.40. The fourth-order valence-corrected chi connectivity index (χ4v) is 2.15. The van der Waals surface area contributed by atoms with Gasteiger partial charge in [0, 0.05) is 5.02 Å². The van der Waals surface area contributed by atoms with Crippen molar-refractivity contribution in [2.75, 3.05) is 6.61 Å². The van der Waals surface area contributed by atoms with Gasteiger partial charge in [-0.2, -0.15) is 5.10 Å². The number of benzene rings is 2. The van der Waals surface area contributed by atoms with Gasteiger partial charge in [-0.25, -0.2) is 5.43 Å². The summed E-state index contributed by atoms with van der Waals surface area (Å²) in [5.74, 6) is 0.766. The van der Waals surface area contributed by atoms with Crippen LogP contribution in [0.25, 0.3) is 0 Å². The van der Waals surface area contributed by atoms with Gasteiger partial charge in [0.2, 0.25) is 0 Å². The molecule has 24 heavy (non-hydrogen) atoms. The first-order valence-corrected chi connectivity index (χ1v) is 8.14. The number of halogens is 1. The Morgan fingerprint density at radius 1 is 1.25 bits per heavy atom. The quantitative estimate of drug-likeness (QED) is 0.627. The molecule has 0 spiro atoms. The molecule has 0 saturated heterocycles. The minimum Gasteiger partial charge on any atom is -0.484 e. The van der Waals surface area contributed by atoms with Gasteiger partial charge < -0.3 is 4.74 Å². The van der Waals surface area contributed by atoms with E-state index < -0.39 is 0 Å². The molecule has 2 rings (SSSR count). The van der Waals surface area contributed by atoms with Crippen LogP contribution in [0.15, 0.2) is 47.6 Å². The molecule has 5 heteroatoms. The summed E-state index contributed by atoms with van der Waals surface area (Å²) in [7, 11) is 0. The van der Waals surface area contributed by atoms with Crippen LogP contribution in [-0.4, -0.2) is 18.7 Å². The van der Waals surface area contributed by atoms with Crippen LogP contribution in [0.2, 0.25) is 5.02 Å². The van der Waals surface area contributed by atoms with E-state index in [0.717, 1.165) is 11.1 Å². The molecule has 2 aromatic carbocycles. The molecule has 0 aliphatic carbocycles. The third-order valence-corrected chi connectivity index (χ3v) is 3.93. The van der Waals surface area contributed by atoms with Crippen LogP contribution in [-0.2, 0) is 4.79 Å². The van der Waals surface area contributed by atoms with Gasteiger partial charge in [-0.15, -0.1) is 0 Å². The molecular formula is C19H21ClN2O2. The number of carbonyl (C=O) groups is 1. The van der Waals surface area contributed by atoms with E-state index in [1.54, 1.807) is 24.4 Å². The summed E-state index contributed by atoms with van der Waals surface area (Å²) in [5, 5.41) is 4.60. The molecule has 1 N–H and O–H groups in total. The van der Waals surface area contributed by atoms with Crippen LogP contribution < -0.4 is 10.2 Å². The number of amides is 1. The van der Waals surface area contributed by atoms with Gasteiger partial charge >= 0.3 is 0 Å². The monoisotopic (exact) mass is 344 g/mol. The standard InChI is InChI=1S/C19H21ClN2O2/c1-13(2)16-6-4-15(5-7-16)11-21-22-19(23)12-24-17-8-9-18(20)14(3)10-17/h4-11,13H,12H2,1-3H3,(H,22,23). The van der Waals surface area contributed by atoms with Gasteiger partial charge in [0.05, 0.1) is 6.21 Å². The second-order valence-electron chi connectivity index (χ2n) is 5.81. The van der Waals surface area contributed by atoms with E-state index in [0.29, 0.717) is 16.7 Å². The minimum absolute atomic E-state index is 0.106. The van der Waals surface area contributed by atoms with E-state index >= 15 is 0 Å². The van der Waals surface area contributed by atoms with E-state index in [9.17, 15) is 4.79 Å². The molecule has 0 unspecified atom stereocenters. The van der Waals surface area contributed by atoms with Crippen molar-refractivity contribution in [2.45, 2.75) is 26.7 Å². The highest BCUT2D eigenvalue weighted by atomic mass is 35.5. The number of hydrogen-bond acceptors (Lipinski definition) is 3. The maximum absolute atomic E-state index is 11.7. The van der Waals surface area contributed by atoms with Crippen molar-refractivity contribution in [3.05, 3.63) is 64.2 Å². The Kier molecular flexibility index (Phi) is 6.38. The normalized spacial score (nSPS) is 11.0. The smallest absolute Gasteiger partial charge is 0.277 e. The number of aryl methyl sites for hydroxylation is 1. The molecule has 0 saturated carbocycles. The molecule has 0 aromatic heterocycles. The van der Waals surface area contributed by atoms with Crippen molar-refractivity contribution in [1.29, 1.82) is 0 Å². The summed E-state index contributed by atoms with van der Waals surface area (Å²) in [6, 6.07) is 13.3. The van der Waals surface area contributed by atoms with Crippen LogP contribution in [0.4, 0.5) is 0 Å². The first-order valence-electron chi connectivity index (χ1n) is 7.76. The maximum Gasteiger partial charge on any atom is 0.277 e. The van der Waals surface area contributed by atoms with Gasteiger partial charge in [-0.3, -0.25) is 4.79 Å². The number of hydrazone groups is 1. The molecule has 0 heterocycles. The number of nitrogens with zero attached hydrogens (tertiary/aromatic N) is 1. The molecular weight excluding hydrogens is 324 g/mol. The van der Waals surface area contributed by atoms with Gasteiger partial charge in [0.1, 0.15) is 5.75 Å². The van der Waals surface area contributed by atoms with Crippen molar-refractivity contribution in [3.8, 4) is 5.75 Å². The van der Waals surface area contributed by atoms with Crippen molar-refractivity contribution < 1.29 is 9.53 Å². The number of ether oxygens (including phenoxy) is 1. The van der Waals surface area contributed by atoms with Crippen molar-refractivity contribution in [2.24, 2.45) is 5.10 Å². The molecule has 0 atom stereocenters. The highest BCUT2D eigenvalue weighted by Crippen LogP contribution is 2.20. The molecule has 0 fully saturated rings. The van der Waals surface area contributed by atoms with E-state index in [2.05, 4.69) is 36.5 Å². The molecule has 0 radical (unpaired) electrons. The molecule has 4 nitrogen and oxygen atoms in total. The van der Waals surface area contributed by atoms with Gasteiger partial charge in [0.15, 0.2) is 6.61 Å². The molecule has 126 valence electrons. The lowest BCUT2D eigenvalue weighted by Gasteiger charge is -2.06. The van der Waals surface area contributed by atoms with E-state index in [1.165, 1.54) is 5.56 Å². The topological polar surface area (TPSA) is 50.7 Å². The predicted molar refractivity (Wildman–Crippen MR) is 98.0 cm³/mol. The van der Waals surface area contributed by atoms with Gasteiger partial charge in [0.25, 0.3) is 5.91 Å². The maximum atomic E-state index is 11.7. The Labute approximate surface area is 147 Å². The van der Waals surface area contributed by atoms with Gasteiger partial charge in [-0.05, 0) is 47.7 Å². The molecule has 0 bridgehead atoms. The summed E-state index contributed by atoms with van der Waals surface area (Å²) in [5.41, 5.74) is 5.54. The Morgan fingerprint density at radius 3 is 2.58 bits per heavy atom. The van der Waals surface area contributed by atoms with Gasteiger partial charge in [-0.1, -0.05) is 49.7 Å². The largest absolute Gasteiger partial charge is 0.484 e. The lowest BCUT2D eigenvalue weighted by molar-refractivity contribution is -0.123. The first-order chi connectivity index (χ1) is 11.5. The van der Waals surface area contributed by atoms with E-state index in [1.807, 2.05) is 19.1 Å². The predicted octanol–water partition coefficient (Wildman–Crippen LogP) is 4.30. The Hall–Kier alpha value is -2.33. The number of carbonyl (C=O) groups excluding carboxylic acids is 1. The van der Waals surface area contributed by atoms with Crippen molar-refractivity contribution in [3.63, 3.8) is 0 Å². The number of rotatable bonds is 6. The zero-order chi connectivity index (χ0) is 17.5. The van der Waals surface area contributed by atoms with Crippen molar-refractivity contribution in [1.82, 2.24) is 5.43 Å². The molecule has 2 aromatic rings. The molecule has 0 aliphatic rings. The highest BCUT2D eigenvalue weighted by molar-refractivity contribution is 6.31. The van der Waals surface area contributed by atoms with Crippen LogP contribution in [0.1, 0.15) is 36.5 Å². The lowest BCUT2D eigenvalue weighted by Crippen LogP contribution is -2.24. The summed E-state index contributed by atoms with van der Waals surface area (Å²) in [6.07, 6.45) is 1.61. The third kappa shape index (κ3) is 5.39. The van der Waals surface area contributed by atoms with E-state index in [-0.39, 0.29) is 12.5 Å². The molecule has 0 aliphatic heterocycles. The van der Waals surface area contributed by atoms with Crippen LogP contribution in [0.5, 0.6) is 5.75 Å². The van der Waals surface area contributed by atoms with Crippen molar-refractivity contribution >= 4 is 23.7 Å².